The monoisotopic (exact) mass is 536 g/mol. The minimum absolute atomic E-state index is 0. The molecule has 0 aliphatic carbocycles. The Morgan fingerprint density at radius 1 is 0.611 bits per heavy atom. The molecule has 0 saturated heterocycles. The zero-order valence-electron chi connectivity index (χ0n) is 17.6. The fourth-order valence-electron chi connectivity index (χ4n) is 3.13. The van der Waals surface area contributed by atoms with Gasteiger partial charge >= 0.3 is 29.6 Å². The number of nitrogens with zero attached hydrogens (tertiary/aromatic N) is 4. The Hall–Kier alpha value is -3.04. The van der Waals surface area contributed by atoms with Gasteiger partial charge in [0.1, 0.15) is 16.3 Å². The third kappa shape index (κ3) is 6.39. The van der Waals surface area contributed by atoms with Gasteiger partial charge in [-0.15, -0.1) is 5.11 Å². The summed E-state index contributed by atoms with van der Waals surface area (Å²) in [5.74, 6) is -0.473. The Kier molecular flexibility index (Phi) is 8.36. The second-order valence-corrected chi connectivity index (χ2v) is 9.97. The van der Waals surface area contributed by atoms with Crippen molar-refractivity contribution < 1.29 is 31.0 Å². The van der Waals surface area contributed by atoms with Gasteiger partial charge in [-0.3, -0.25) is 9.11 Å². The van der Waals surface area contributed by atoms with E-state index in [1.807, 2.05) is 18.2 Å². The molecule has 36 heavy (non-hydrogen) atoms. The Morgan fingerprint density at radius 3 is 1.67 bits per heavy atom. The second kappa shape index (κ2) is 10.9. The molecule has 4 rings (SSSR count). The summed E-state index contributed by atoms with van der Waals surface area (Å²) in [6.45, 7) is 0. The van der Waals surface area contributed by atoms with E-state index in [1.54, 1.807) is 36.4 Å². The molecule has 180 valence electrons. The fourth-order valence-corrected chi connectivity index (χ4v) is 4.49. The third-order valence-electron chi connectivity index (χ3n) is 4.73. The molecule has 0 aromatic heterocycles. The molecule has 0 radical (unpaired) electrons. The predicted octanol–water partition coefficient (Wildman–Crippen LogP) is 5.22. The SMILES string of the molecule is O=S(=O)(O)c1cc(S(=O)(=O)O)c2c(N=Nc3ccc(N=Nc4ccccc4)cc3)c(O)ccc2c1.[NaH]. The van der Waals surface area contributed by atoms with Gasteiger partial charge in [0.05, 0.1) is 22.0 Å². The number of hydrogen-bond acceptors (Lipinski definition) is 9. The molecule has 0 bridgehead atoms. The van der Waals surface area contributed by atoms with E-state index in [0.29, 0.717) is 23.1 Å². The van der Waals surface area contributed by atoms with E-state index in [1.165, 1.54) is 6.07 Å². The predicted molar refractivity (Wildman–Crippen MR) is 134 cm³/mol. The van der Waals surface area contributed by atoms with Crippen LogP contribution in [-0.4, -0.2) is 60.6 Å². The van der Waals surface area contributed by atoms with Crippen molar-refractivity contribution in [2.75, 3.05) is 0 Å². The second-order valence-electron chi connectivity index (χ2n) is 7.15. The Labute approximate surface area is 228 Å². The van der Waals surface area contributed by atoms with Crippen molar-refractivity contribution in [1.82, 2.24) is 0 Å². The van der Waals surface area contributed by atoms with Gasteiger partial charge in [0, 0.05) is 5.39 Å². The molecule has 0 spiro atoms. The van der Waals surface area contributed by atoms with Crippen LogP contribution < -0.4 is 0 Å². The van der Waals surface area contributed by atoms with Crippen LogP contribution in [0.5, 0.6) is 5.75 Å². The van der Waals surface area contributed by atoms with Gasteiger partial charge in [0.25, 0.3) is 20.2 Å². The number of fused-ring (bicyclic) bond motifs is 1. The van der Waals surface area contributed by atoms with E-state index in [-0.39, 0.29) is 46.0 Å². The van der Waals surface area contributed by atoms with E-state index in [9.17, 15) is 31.0 Å². The summed E-state index contributed by atoms with van der Waals surface area (Å²) >= 11 is 0. The number of rotatable bonds is 6. The first-order valence-electron chi connectivity index (χ1n) is 9.76. The number of hydrogen-bond donors (Lipinski definition) is 3. The van der Waals surface area contributed by atoms with Crippen LogP contribution in [-0.2, 0) is 20.2 Å². The summed E-state index contributed by atoms with van der Waals surface area (Å²) in [4.78, 5) is -1.63. The number of aromatic hydroxyl groups is 1. The minimum atomic E-state index is -4.98. The number of benzene rings is 4. The molecule has 0 heterocycles. The average Bonchev–Trinajstić information content (AvgIpc) is 2.81. The van der Waals surface area contributed by atoms with Gasteiger partial charge in [-0.05, 0) is 60.0 Å². The molecular weight excluding hydrogens is 519 g/mol. The van der Waals surface area contributed by atoms with Crippen molar-refractivity contribution in [3.63, 3.8) is 0 Å². The van der Waals surface area contributed by atoms with Crippen LogP contribution in [0.25, 0.3) is 10.8 Å². The summed E-state index contributed by atoms with van der Waals surface area (Å²) in [6.07, 6.45) is 0. The summed E-state index contributed by atoms with van der Waals surface area (Å²) in [5, 5.41) is 26.1. The first kappa shape index (κ1) is 27.5. The zero-order valence-corrected chi connectivity index (χ0v) is 19.2. The van der Waals surface area contributed by atoms with E-state index in [0.717, 1.165) is 12.1 Å². The van der Waals surface area contributed by atoms with Gasteiger partial charge in [0.15, 0.2) is 0 Å². The molecule has 0 amide bonds. The molecule has 11 nitrogen and oxygen atoms in total. The van der Waals surface area contributed by atoms with Gasteiger partial charge in [-0.2, -0.15) is 32.2 Å². The van der Waals surface area contributed by atoms with Crippen LogP contribution in [0.3, 0.4) is 0 Å². The van der Waals surface area contributed by atoms with Crippen molar-refractivity contribution in [3.8, 4) is 5.75 Å². The number of phenolic OH excluding ortho intramolecular Hbond substituents is 1. The molecule has 0 atom stereocenters. The molecule has 0 saturated carbocycles. The Balaban J connectivity index is 0.00000361. The first-order valence-corrected chi connectivity index (χ1v) is 12.6. The summed E-state index contributed by atoms with van der Waals surface area (Å²) in [5.41, 5.74) is 1.20. The van der Waals surface area contributed by atoms with Gasteiger partial charge in [-0.1, -0.05) is 24.3 Å². The summed E-state index contributed by atoms with van der Waals surface area (Å²) in [7, 11) is -9.77. The molecule has 4 aromatic carbocycles. The molecule has 0 aliphatic rings. The Morgan fingerprint density at radius 2 is 1.14 bits per heavy atom. The first-order chi connectivity index (χ1) is 16.5. The van der Waals surface area contributed by atoms with Crippen molar-refractivity contribution in [1.29, 1.82) is 0 Å². The Bertz CT molecular complexity index is 1690. The normalized spacial score (nSPS) is 12.3. The van der Waals surface area contributed by atoms with E-state index < -0.39 is 35.8 Å². The van der Waals surface area contributed by atoms with E-state index in [2.05, 4.69) is 20.5 Å². The summed E-state index contributed by atoms with van der Waals surface area (Å²) < 4.78 is 66.0. The number of phenols is 1. The van der Waals surface area contributed by atoms with Crippen LogP contribution in [0, 0.1) is 0 Å². The van der Waals surface area contributed by atoms with E-state index in [4.69, 9.17) is 0 Å². The molecule has 3 N–H and O–H groups in total. The average molecular weight is 537 g/mol. The third-order valence-corrected chi connectivity index (χ3v) is 6.44. The maximum absolute atomic E-state index is 12.0. The molecule has 0 unspecified atom stereocenters. The molecule has 14 heteroatoms. The molecule has 0 aliphatic heterocycles. The van der Waals surface area contributed by atoms with Gasteiger partial charge in [-0.25, -0.2) is 0 Å². The van der Waals surface area contributed by atoms with Crippen LogP contribution in [0.4, 0.5) is 22.7 Å². The summed E-state index contributed by atoms with van der Waals surface area (Å²) in [6, 6.07) is 19.4. The quantitative estimate of drug-likeness (QED) is 0.172. The molecule has 4 aromatic rings. The topological polar surface area (TPSA) is 178 Å². The standard InChI is InChI=1S/C22H16N4O7S2.Na.H/c27-19-11-6-14-12-18(34(28,29)30)13-20(35(31,32)33)21(14)22(19)26-25-17-9-7-16(8-10-17)24-23-15-4-2-1-3-5-15;;/h1-13,27H,(H,28,29,30)(H,31,32,33);;. The van der Waals surface area contributed by atoms with Gasteiger partial charge in [0.2, 0.25) is 0 Å². The van der Waals surface area contributed by atoms with Crippen molar-refractivity contribution in [3.05, 3.63) is 78.9 Å². The maximum atomic E-state index is 12.0. The van der Waals surface area contributed by atoms with Gasteiger partial charge < -0.3 is 5.11 Å². The van der Waals surface area contributed by atoms with Crippen LogP contribution in [0.15, 0.2) is 109 Å². The van der Waals surface area contributed by atoms with Crippen LogP contribution in [0.2, 0.25) is 0 Å². The van der Waals surface area contributed by atoms with Crippen molar-refractivity contribution in [2.45, 2.75) is 9.79 Å². The molecule has 0 fully saturated rings. The van der Waals surface area contributed by atoms with E-state index >= 15 is 0 Å². The van der Waals surface area contributed by atoms with Crippen LogP contribution >= 0.6 is 0 Å². The fraction of sp³-hybridized carbons (Fsp3) is 0. The van der Waals surface area contributed by atoms with Crippen molar-refractivity contribution >= 4 is 83.3 Å². The number of azo groups is 2. The zero-order chi connectivity index (χ0) is 25.2. The molecular formula is C22H17N4NaO7S2. The van der Waals surface area contributed by atoms with Crippen molar-refractivity contribution in [2.24, 2.45) is 20.5 Å². The van der Waals surface area contributed by atoms with Crippen LogP contribution in [0.1, 0.15) is 0 Å².